The molecular formula is C55H87ClN12O20. The van der Waals surface area contributed by atoms with Gasteiger partial charge in [0, 0.05) is 0 Å². The number of hydrogen-bond acceptors (Lipinski definition) is 21. The molecule has 0 spiro atoms. The maximum atomic E-state index is 14.3. The van der Waals surface area contributed by atoms with E-state index in [2.05, 4.69) is 44.1 Å². The minimum atomic E-state index is -2.85. The third-order valence-electron chi connectivity index (χ3n) is 13.5. The average molecular weight is 1270 g/mol. The van der Waals surface area contributed by atoms with Crippen molar-refractivity contribution in [3.63, 3.8) is 0 Å². The SMILES string of the molecule is C/C=C1\NC(=O)[C@H]([C@@H](C)O)NC(=O)[C@@H](CCN)NC(=O)[C@@H](CCCCN)NC(=O)[C@@H](CC(=O)O)NC(=O)[C@@H](CCN)NC(=O)[C@@H](NC(=O)CC(O)CCc2cccc(OCCCCCCC)c2)COC(=O)[C@@H]([C@H](O)CCl)NC(=O)[C@H]([C@H](O)C(=O)O)NC1=O. The van der Waals surface area contributed by atoms with Crippen molar-refractivity contribution in [3.05, 3.63) is 41.6 Å². The number of carboxylic acids is 2. The summed E-state index contributed by atoms with van der Waals surface area (Å²) >= 11 is 5.88. The average Bonchev–Trinajstić information content (AvgIpc) is 3.66. The van der Waals surface area contributed by atoms with Crippen LogP contribution in [0.4, 0.5) is 0 Å². The summed E-state index contributed by atoms with van der Waals surface area (Å²) in [5, 5.41) is 82.6. The number of carbonyl (C=O) groups is 12. The molecule has 0 radical (unpaired) electrons. The fourth-order valence-electron chi connectivity index (χ4n) is 8.56. The van der Waals surface area contributed by atoms with Gasteiger partial charge in [-0.2, -0.15) is 0 Å². The largest absolute Gasteiger partial charge is 0.494 e. The van der Waals surface area contributed by atoms with E-state index in [0.717, 1.165) is 57.6 Å². The number of unbranched alkanes of at least 4 members (excludes halogenated alkanes) is 5. The summed E-state index contributed by atoms with van der Waals surface area (Å²) in [6.07, 6.45) is -4.20. The Balaban J connectivity index is 2.76. The fraction of sp³-hybridized carbons (Fsp3) is 0.636. The van der Waals surface area contributed by atoms with Gasteiger partial charge in [0.1, 0.15) is 60.3 Å². The monoisotopic (exact) mass is 1270 g/mol. The molecule has 0 bridgehead atoms. The lowest BCUT2D eigenvalue weighted by Crippen LogP contribution is -2.62. The van der Waals surface area contributed by atoms with Crippen molar-refractivity contribution in [2.24, 2.45) is 17.2 Å². The van der Waals surface area contributed by atoms with Crippen molar-refractivity contribution in [2.45, 2.75) is 183 Å². The van der Waals surface area contributed by atoms with E-state index in [1.54, 1.807) is 24.3 Å². The minimum absolute atomic E-state index is 0.00148. The molecule has 494 valence electrons. The molecular weight excluding hydrogens is 1180 g/mol. The van der Waals surface area contributed by atoms with Crippen molar-refractivity contribution in [1.82, 2.24) is 47.9 Å². The van der Waals surface area contributed by atoms with Gasteiger partial charge in [0.15, 0.2) is 12.1 Å². The summed E-state index contributed by atoms with van der Waals surface area (Å²) in [5.74, 6) is -17.4. The number of rotatable bonds is 28. The minimum Gasteiger partial charge on any atom is -0.494 e. The second kappa shape index (κ2) is 40.8. The maximum absolute atomic E-state index is 14.3. The van der Waals surface area contributed by atoms with Gasteiger partial charge in [0.25, 0.3) is 5.91 Å². The number of hydrogen-bond donors (Lipinski definition) is 18. The molecule has 1 aliphatic rings. The quantitative estimate of drug-likeness (QED) is 0.0162. The van der Waals surface area contributed by atoms with Crippen molar-refractivity contribution in [2.75, 3.05) is 38.7 Å². The summed E-state index contributed by atoms with van der Waals surface area (Å²) in [7, 11) is 0. The Kier molecular flexibility index (Phi) is 35.5. The number of carbonyl (C=O) groups excluding carboxylic acids is 10. The Labute approximate surface area is 513 Å². The predicted octanol–water partition coefficient (Wildman–Crippen LogP) is -5.10. The van der Waals surface area contributed by atoms with E-state index in [9.17, 15) is 88.2 Å². The highest BCUT2D eigenvalue weighted by Crippen LogP contribution is 2.18. The molecule has 2 rings (SSSR count). The zero-order valence-corrected chi connectivity index (χ0v) is 50.2. The van der Waals surface area contributed by atoms with Crippen LogP contribution in [0.3, 0.4) is 0 Å². The smallest absolute Gasteiger partial charge is 0.335 e. The molecule has 1 heterocycles. The lowest BCUT2D eigenvalue weighted by Gasteiger charge is -2.28. The number of nitrogens with one attached hydrogen (secondary N) is 9. The first-order valence-electron chi connectivity index (χ1n) is 28.9. The highest BCUT2D eigenvalue weighted by Gasteiger charge is 2.41. The summed E-state index contributed by atoms with van der Waals surface area (Å²) in [5.41, 5.74) is 17.2. The number of amides is 9. The molecule has 1 aliphatic heterocycles. The van der Waals surface area contributed by atoms with Crippen molar-refractivity contribution >= 4 is 82.7 Å². The number of alkyl halides is 1. The number of aliphatic hydroxyl groups is 4. The Bertz CT molecular complexity index is 2550. The first kappa shape index (κ1) is 76.5. The zero-order chi connectivity index (χ0) is 66.0. The molecule has 88 heavy (non-hydrogen) atoms. The summed E-state index contributed by atoms with van der Waals surface area (Å²) in [4.78, 5) is 163. The molecule has 0 aliphatic carbocycles. The fourth-order valence-corrected chi connectivity index (χ4v) is 8.73. The van der Waals surface area contributed by atoms with Crippen LogP contribution in [-0.4, -0.2) is 213 Å². The molecule has 12 atom stereocenters. The zero-order valence-electron chi connectivity index (χ0n) is 49.5. The number of benzene rings is 1. The van der Waals surface area contributed by atoms with Gasteiger partial charge >= 0.3 is 17.9 Å². The van der Waals surface area contributed by atoms with Crippen LogP contribution in [0, 0.1) is 0 Å². The summed E-state index contributed by atoms with van der Waals surface area (Å²) < 4.78 is 11.2. The molecule has 1 unspecified atom stereocenters. The Morgan fingerprint density at radius 1 is 0.705 bits per heavy atom. The predicted molar refractivity (Wildman–Crippen MR) is 312 cm³/mol. The van der Waals surface area contributed by atoms with Gasteiger partial charge in [-0.25, -0.2) is 9.59 Å². The van der Waals surface area contributed by atoms with Gasteiger partial charge in [-0.3, -0.25) is 47.9 Å². The van der Waals surface area contributed by atoms with Crippen molar-refractivity contribution in [1.29, 1.82) is 0 Å². The van der Waals surface area contributed by atoms with Crippen LogP contribution >= 0.6 is 11.6 Å². The molecule has 1 fully saturated rings. The van der Waals surface area contributed by atoms with Gasteiger partial charge < -0.3 is 105 Å². The van der Waals surface area contributed by atoms with Crippen LogP contribution in [0.1, 0.15) is 110 Å². The molecule has 1 saturated heterocycles. The topological polar surface area (TPSA) is 531 Å². The van der Waals surface area contributed by atoms with E-state index in [1.807, 2.05) is 10.6 Å². The van der Waals surface area contributed by atoms with Crippen LogP contribution in [-0.2, 0) is 68.7 Å². The lowest BCUT2D eigenvalue weighted by molar-refractivity contribution is -0.155. The van der Waals surface area contributed by atoms with Crippen LogP contribution in [0.15, 0.2) is 36.0 Å². The number of esters is 1. The summed E-state index contributed by atoms with van der Waals surface area (Å²) in [6, 6.07) is -8.90. The molecule has 1 aromatic carbocycles. The van der Waals surface area contributed by atoms with Crippen molar-refractivity contribution in [3.8, 4) is 5.75 Å². The van der Waals surface area contributed by atoms with Crippen LogP contribution in [0.25, 0.3) is 0 Å². The Morgan fingerprint density at radius 2 is 1.28 bits per heavy atom. The van der Waals surface area contributed by atoms with E-state index >= 15 is 0 Å². The number of allylic oxidation sites excluding steroid dienone is 1. The number of nitrogens with two attached hydrogens (primary N) is 3. The third-order valence-corrected chi connectivity index (χ3v) is 13.8. The number of carboxylic acid groups (broad SMARTS) is 2. The summed E-state index contributed by atoms with van der Waals surface area (Å²) in [6.45, 7) is 3.03. The van der Waals surface area contributed by atoms with Gasteiger partial charge in [0.05, 0.1) is 43.6 Å². The van der Waals surface area contributed by atoms with Gasteiger partial charge in [0.2, 0.25) is 47.3 Å². The number of aryl methyl sites for hydroxylation is 1. The second-order valence-corrected chi connectivity index (χ2v) is 21.0. The molecule has 21 N–H and O–H groups in total. The normalized spacial score (nSPS) is 23.7. The van der Waals surface area contributed by atoms with Crippen LogP contribution < -0.4 is 69.8 Å². The van der Waals surface area contributed by atoms with E-state index in [-0.39, 0.29) is 58.2 Å². The molecule has 0 saturated carbocycles. The van der Waals surface area contributed by atoms with Gasteiger partial charge in [-0.15, -0.1) is 11.6 Å². The number of cyclic esters (lactones) is 1. The van der Waals surface area contributed by atoms with E-state index in [1.165, 1.54) is 0 Å². The van der Waals surface area contributed by atoms with Gasteiger partial charge in [-0.05, 0) is 103 Å². The number of ether oxygens (including phenoxy) is 2. The second-order valence-electron chi connectivity index (χ2n) is 20.7. The van der Waals surface area contributed by atoms with Crippen LogP contribution in [0.2, 0.25) is 0 Å². The Morgan fingerprint density at radius 3 is 1.85 bits per heavy atom. The van der Waals surface area contributed by atoms with Crippen molar-refractivity contribution < 1.29 is 97.6 Å². The molecule has 9 amide bonds. The first-order chi connectivity index (χ1) is 41.7. The highest BCUT2D eigenvalue weighted by atomic mass is 35.5. The van der Waals surface area contributed by atoms with E-state index in [4.69, 9.17) is 38.3 Å². The third kappa shape index (κ3) is 27.2. The molecule has 32 nitrogen and oxygen atoms in total. The van der Waals surface area contributed by atoms with E-state index in [0.29, 0.717) is 12.4 Å². The standard InChI is InChI=1S/C55H87ClN12O20/c1-4-6-7-8-11-23-87-32-14-12-13-30(24-32)16-17-31(70)25-40(72)60-38-28-88-55(86)43(39(71)27-56)67-53(83)44(45(75)54(84)85)68-46(76)33(5-2)61-52(82)42(29(3)69)66-49(79)36(19-22-59)63-47(77)34(15-9-10-20-57)62-50(80)37(26-41(73)74)65-48(78)35(18-21-58)64-51(38)81/h5,12-14,24,29,31,34-39,42-45,69-71,75H,4,6-11,15-23,25-28,57-59H2,1-3H3,(H,60,72)(H,61,82)(H,62,80)(H,63,77)(H,64,81)(H,65,78)(H,66,79)(H,67,83)(H,68,76)(H,73,74)(H,84,85)/b33-5-/t29-,31?,34-,35-,36-,37-,38+,39-,42+,43-,44+,45+/m1/s1. The molecule has 33 heteroatoms. The van der Waals surface area contributed by atoms with Gasteiger partial charge in [-0.1, -0.05) is 50.8 Å². The number of aliphatic hydroxyl groups excluding tert-OH is 4. The molecule has 0 aromatic heterocycles. The lowest BCUT2D eigenvalue weighted by atomic mass is 10.0. The number of aliphatic carboxylic acids is 2. The van der Waals surface area contributed by atoms with E-state index < -0.39 is 181 Å². The Hall–Kier alpha value is -7.59. The molecule has 1 aromatic rings. The number of halogens is 1. The highest BCUT2D eigenvalue weighted by molar-refractivity contribution is 6.18. The maximum Gasteiger partial charge on any atom is 0.335 e. The van der Waals surface area contributed by atoms with Crippen LogP contribution in [0.5, 0.6) is 5.75 Å². The first-order valence-corrected chi connectivity index (χ1v) is 29.4.